The molecule has 0 aliphatic carbocycles. The second-order valence-corrected chi connectivity index (χ2v) is 3.60. The zero-order valence-electron chi connectivity index (χ0n) is 9.04. The van der Waals surface area contributed by atoms with Gasteiger partial charge in [-0.25, -0.2) is 0 Å². The molecule has 0 aliphatic rings. The van der Waals surface area contributed by atoms with Crippen LogP contribution in [0.3, 0.4) is 0 Å². The van der Waals surface area contributed by atoms with Crippen molar-refractivity contribution in [1.82, 2.24) is 0 Å². The van der Waals surface area contributed by atoms with Crippen molar-refractivity contribution in [3.8, 4) is 6.07 Å². The SMILES string of the molecule is CC(CO)Nc1ccc(C(F)(F)F)c(C#N)c1. The van der Waals surface area contributed by atoms with Crippen LogP contribution in [0.25, 0.3) is 0 Å². The van der Waals surface area contributed by atoms with Crippen LogP contribution in [0.15, 0.2) is 18.2 Å². The monoisotopic (exact) mass is 244 g/mol. The molecule has 0 heterocycles. The number of hydrogen-bond donors (Lipinski definition) is 2. The summed E-state index contributed by atoms with van der Waals surface area (Å²) in [6.45, 7) is 1.52. The van der Waals surface area contributed by atoms with Gasteiger partial charge in [0.1, 0.15) is 0 Å². The summed E-state index contributed by atoms with van der Waals surface area (Å²) in [5.41, 5.74) is -1.02. The standard InChI is InChI=1S/C11H11F3N2O/c1-7(6-17)16-9-2-3-10(11(12,13)14)8(4-9)5-15/h2-4,7,16-17H,6H2,1H3. The van der Waals surface area contributed by atoms with Crippen LogP contribution in [0.2, 0.25) is 0 Å². The number of nitrogens with one attached hydrogen (secondary N) is 1. The highest BCUT2D eigenvalue weighted by atomic mass is 19.4. The summed E-state index contributed by atoms with van der Waals surface area (Å²) >= 11 is 0. The van der Waals surface area contributed by atoms with E-state index in [0.29, 0.717) is 5.69 Å². The molecule has 0 saturated carbocycles. The van der Waals surface area contributed by atoms with Crippen LogP contribution in [0.5, 0.6) is 0 Å². The summed E-state index contributed by atoms with van der Waals surface area (Å²) in [7, 11) is 0. The minimum absolute atomic E-state index is 0.150. The van der Waals surface area contributed by atoms with E-state index in [2.05, 4.69) is 5.32 Å². The highest BCUT2D eigenvalue weighted by Gasteiger charge is 2.33. The largest absolute Gasteiger partial charge is 0.417 e. The second kappa shape index (κ2) is 5.06. The molecule has 0 aromatic heterocycles. The minimum atomic E-state index is -4.54. The zero-order chi connectivity index (χ0) is 13.1. The number of aliphatic hydroxyl groups excluding tert-OH is 1. The first-order chi connectivity index (χ1) is 7.88. The van der Waals surface area contributed by atoms with Gasteiger partial charge in [0.05, 0.1) is 23.8 Å². The first-order valence-electron chi connectivity index (χ1n) is 4.87. The van der Waals surface area contributed by atoms with E-state index in [9.17, 15) is 13.2 Å². The van der Waals surface area contributed by atoms with Gasteiger partial charge in [-0.3, -0.25) is 0 Å². The van der Waals surface area contributed by atoms with Crippen molar-refractivity contribution in [2.75, 3.05) is 11.9 Å². The van der Waals surface area contributed by atoms with Gasteiger partial charge in [-0.15, -0.1) is 0 Å². The lowest BCUT2D eigenvalue weighted by atomic mass is 10.1. The molecule has 1 aromatic carbocycles. The Morgan fingerprint density at radius 3 is 2.59 bits per heavy atom. The third kappa shape index (κ3) is 3.36. The lowest BCUT2D eigenvalue weighted by molar-refractivity contribution is -0.137. The molecular formula is C11H11F3N2O. The molecular weight excluding hydrogens is 233 g/mol. The Balaban J connectivity index is 3.06. The van der Waals surface area contributed by atoms with Crippen molar-refractivity contribution in [2.45, 2.75) is 19.1 Å². The van der Waals surface area contributed by atoms with Crippen LogP contribution in [0.4, 0.5) is 18.9 Å². The van der Waals surface area contributed by atoms with Crippen LogP contribution in [-0.4, -0.2) is 17.8 Å². The molecule has 1 aromatic rings. The normalized spacial score (nSPS) is 12.9. The van der Waals surface area contributed by atoms with E-state index in [1.165, 1.54) is 12.1 Å². The Bertz CT molecular complexity index is 437. The number of rotatable bonds is 3. The minimum Gasteiger partial charge on any atom is -0.394 e. The summed E-state index contributed by atoms with van der Waals surface area (Å²) in [4.78, 5) is 0. The molecule has 1 atom stereocenters. The molecule has 0 radical (unpaired) electrons. The predicted molar refractivity (Wildman–Crippen MR) is 56.3 cm³/mol. The molecule has 0 amide bonds. The van der Waals surface area contributed by atoms with E-state index >= 15 is 0 Å². The molecule has 92 valence electrons. The Morgan fingerprint density at radius 1 is 1.47 bits per heavy atom. The van der Waals surface area contributed by atoms with Crippen molar-refractivity contribution in [3.63, 3.8) is 0 Å². The maximum Gasteiger partial charge on any atom is 0.417 e. The maximum absolute atomic E-state index is 12.5. The van der Waals surface area contributed by atoms with Gasteiger partial charge >= 0.3 is 6.18 Å². The summed E-state index contributed by atoms with van der Waals surface area (Å²) in [6, 6.07) is 4.42. The maximum atomic E-state index is 12.5. The average molecular weight is 244 g/mol. The van der Waals surface area contributed by atoms with Crippen LogP contribution < -0.4 is 5.32 Å². The fraction of sp³-hybridized carbons (Fsp3) is 0.364. The second-order valence-electron chi connectivity index (χ2n) is 3.60. The van der Waals surface area contributed by atoms with Crippen molar-refractivity contribution in [1.29, 1.82) is 5.26 Å². The van der Waals surface area contributed by atoms with E-state index in [1.54, 1.807) is 6.92 Å². The number of anilines is 1. The van der Waals surface area contributed by atoms with Crippen LogP contribution in [0.1, 0.15) is 18.1 Å². The van der Waals surface area contributed by atoms with Gasteiger partial charge in [-0.2, -0.15) is 18.4 Å². The number of halogens is 3. The molecule has 3 nitrogen and oxygen atoms in total. The molecule has 17 heavy (non-hydrogen) atoms. The molecule has 2 N–H and O–H groups in total. The van der Waals surface area contributed by atoms with Crippen LogP contribution in [-0.2, 0) is 6.18 Å². The smallest absolute Gasteiger partial charge is 0.394 e. The first-order valence-corrected chi connectivity index (χ1v) is 4.87. The van der Waals surface area contributed by atoms with E-state index in [1.807, 2.05) is 0 Å². The van der Waals surface area contributed by atoms with Gasteiger partial charge in [-0.05, 0) is 25.1 Å². The highest BCUT2D eigenvalue weighted by molar-refractivity contribution is 5.54. The van der Waals surface area contributed by atoms with Crippen molar-refractivity contribution >= 4 is 5.69 Å². The van der Waals surface area contributed by atoms with E-state index in [0.717, 1.165) is 12.1 Å². The lowest BCUT2D eigenvalue weighted by Crippen LogP contribution is -2.19. The predicted octanol–water partition coefficient (Wildman–Crippen LogP) is 2.37. The highest BCUT2D eigenvalue weighted by Crippen LogP contribution is 2.33. The Kier molecular flexibility index (Phi) is 3.97. The Morgan fingerprint density at radius 2 is 2.12 bits per heavy atom. The Labute approximate surface area is 96.5 Å². The van der Waals surface area contributed by atoms with Gasteiger partial charge in [0.25, 0.3) is 0 Å². The molecule has 0 saturated heterocycles. The van der Waals surface area contributed by atoms with E-state index in [4.69, 9.17) is 10.4 Å². The van der Waals surface area contributed by atoms with Gasteiger partial charge in [0.2, 0.25) is 0 Å². The van der Waals surface area contributed by atoms with Crippen molar-refractivity contribution < 1.29 is 18.3 Å². The molecule has 0 fully saturated rings. The van der Waals surface area contributed by atoms with Gasteiger partial charge in [0, 0.05) is 11.7 Å². The van der Waals surface area contributed by atoms with E-state index < -0.39 is 17.3 Å². The molecule has 1 rings (SSSR count). The fourth-order valence-electron chi connectivity index (χ4n) is 1.30. The quantitative estimate of drug-likeness (QED) is 0.858. The summed E-state index contributed by atoms with van der Waals surface area (Å²) in [5, 5.41) is 20.2. The van der Waals surface area contributed by atoms with Gasteiger partial charge in [0.15, 0.2) is 0 Å². The number of alkyl halides is 3. The van der Waals surface area contributed by atoms with Crippen LogP contribution >= 0.6 is 0 Å². The number of nitrogens with zero attached hydrogens (tertiary/aromatic N) is 1. The number of benzene rings is 1. The number of nitriles is 1. The third-order valence-electron chi connectivity index (χ3n) is 2.13. The number of hydrogen-bond acceptors (Lipinski definition) is 3. The van der Waals surface area contributed by atoms with Crippen molar-refractivity contribution in [3.05, 3.63) is 29.3 Å². The lowest BCUT2D eigenvalue weighted by Gasteiger charge is -2.14. The van der Waals surface area contributed by atoms with Gasteiger partial charge < -0.3 is 10.4 Å². The molecule has 6 heteroatoms. The average Bonchev–Trinajstić information content (AvgIpc) is 2.27. The molecule has 1 unspecified atom stereocenters. The third-order valence-corrected chi connectivity index (χ3v) is 2.13. The summed E-state index contributed by atoms with van der Waals surface area (Å²) in [6.07, 6.45) is -4.54. The van der Waals surface area contributed by atoms with E-state index in [-0.39, 0.29) is 12.6 Å². The molecule has 0 spiro atoms. The fourth-order valence-corrected chi connectivity index (χ4v) is 1.30. The summed E-state index contributed by atoms with van der Waals surface area (Å²) < 4.78 is 37.5. The zero-order valence-corrected chi connectivity index (χ0v) is 9.04. The number of aliphatic hydroxyl groups is 1. The van der Waals surface area contributed by atoms with Crippen LogP contribution in [0, 0.1) is 11.3 Å². The first kappa shape index (κ1) is 13.3. The molecule has 0 bridgehead atoms. The van der Waals surface area contributed by atoms with Gasteiger partial charge in [-0.1, -0.05) is 0 Å². The van der Waals surface area contributed by atoms with Crippen molar-refractivity contribution in [2.24, 2.45) is 0 Å². The molecule has 0 aliphatic heterocycles. The Hall–Kier alpha value is -1.74. The summed E-state index contributed by atoms with van der Waals surface area (Å²) in [5.74, 6) is 0. The topological polar surface area (TPSA) is 56.0 Å².